The molecular weight excluding hydrogens is 274 g/mol. The van der Waals surface area contributed by atoms with Crippen LogP contribution in [0.3, 0.4) is 0 Å². The summed E-state index contributed by atoms with van der Waals surface area (Å²) in [6.07, 6.45) is 1.29. The third-order valence-electron chi connectivity index (χ3n) is 3.41. The first kappa shape index (κ1) is 14.5. The fourth-order valence-electron chi connectivity index (χ4n) is 2.22. The Hall–Kier alpha value is -1.95. The van der Waals surface area contributed by atoms with Gasteiger partial charge < -0.3 is 16.0 Å². The molecule has 1 aliphatic rings. The molecule has 0 radical (unpaired) electrons. The maximum Gasteiger partial charge on any atom is 0.283 e. The van der Waals surface area contributed by atoms with E-state index in [1.165, 1.54) is 0 Å². The molecule has 5 nitrogen and oxygen atoms in total. The van der Waals surface area contributed by atoms with E-state index < -0.39 is 0 Å². The third kappa shape index (κ3) is 3.54. The summed E-state index contributed by atoms with van der Waals surface area (Å²) in [5.74, 6) is -0.667. The van der Waals surface area contributed by atoms with Crippen LogP contribution in [0.1, 0.15) is 12.8 Å². The fraction of sp³-hybridized carbons (Fsp3) is 0.357. The minimum atomic E-state index is -0.288. The molecule has 1 aromatic rings. The van der Waals surface area contributed by atoms with Gasteiger partial charge in [0.2, 0.25) is 5.91 Å². The van der Waals surface area contributed by atoms with Gasteiger partial charge in [-0.25, -0.2) is 0 Å². The van der Waals surface area contributed by atoms with Crippen LogP contribution in [0, 0.1) is 5.92 Å². The number of benzene rings is 1. The number of nitrogens with two attached hydrogens (primary N) is 1. The molecule has 20 heavy (non-hydrogen) atoms. The van der Waals surface area contributed by atoms with E-state index >= 15 is 0 Å². The Morgan fingerprint density at radius 1 is 1.20 bits per heavy atom. The number of primary amides is 1. The summed E-state index contributed by atoms with van der Waals surface area (Å²) in [6, 6.07) is 9.18. The molecule has 0 spiro atoms. The number of para-hydroxylation sites is 1. The smallest absolute Gasteiger partial charge is 0.283 e. The summed E-state index contributed by atoms with van der Waals surface area (Å²) in [4.78, 5) is 25.2. The monoisotopic (exact) mass is 291 g/mol. The number of nitrogens with zero attached hydrogens (tertiary/aromatic N) is 1. The molecule has 0 bridgehead atoms. The number of likely N-dealkylation sites (tertiary alicyclic amines) is 1. The zero-order valence-electron chi connectivity index (χ0n) is 11.0. The predicted octanol–water partition coefficient (Wildman–Crippen LogP) is 1.15. The van der Waals surface area contributed by atoms with Crippen LogP contribution < -0.4 is 11.1 Å². The average Bonchev–Trinajstić information content (AvgIpc) is 2.47. The van der Waals surface area contributed by atoms with Crippen molar-refractivity contribution in [2.75, 3.05) is 18.4 Å². The number of carbonyl (C=O) groups excluding carboxylic acids is 2. The van der Waals surface area contributed by atoms with Crippen LogP contribution in [-0.2, 0) is 9.59 Å². The summed E-state index contributed by atoms with van der Waals surface area (Å²) < 4.78 is 0. The minimum absolute atomic E-state index is 0.105. The van der Waals surface area contributed by atoms with Crippen LogP contribution in [-0.4, -0.2) is 34.8 Å². The van der Waals surface area contributed by atoms with Gasteiger partial charge in [0.1, 0.15) is 0 Å². The molecule has 2 amide bonds. The van der Waals surface area contributed by atoms with Gasteiger partial charge in [0.15, 0.2) is 4.99 Å². The van der Waals surface area contributed by atoms with Crippen molar-refractivity contribution in [1.29, 1.82) is 0 Å². The Kier molecular flexibility index (Phi) is 4.68. The maximum absolute atomic E-state index is 12.0. The second kappa shape index (κ2) is 6.47. The molecule has 0 atom stereocenters. The number of hydrogen-bond donors (Lipinski definition) is 2. The summed E-state index contributed by atoms with van der Waals surface area (Å²) in [7, 11) is 0. The van der Waals surface area contributed by atoms with Crippen molar-refractivity contribution in [3.05, 3.63) is 30.3 Å². The fourth-order valence-corrected chi connectivity index (χ4v) is 2.45. The van der Waals surface area contributed by atoms with Crippen molar-refractivity contribution in [2.45, 2.75) is 12.8 Å². The van der Waals surface area contributed by atoms with Crippen LogP contribution in [0.4, 0.5) is 5.69 Å². The van der Waals surface area contributed by atoms with E-state index in [1.54, 1.807) is 12.1 Å². The van der Waals surface area contributed by atoms with Crippen molar-refractivity contribution >= 4 is 34.7 Å². The van der Waals surface area contributed by atoms with Gasteiger partial charge >= 0.3 is 0 Å². The minimum Gasteiger partial charge on any atom is -0.369 e. The van der Waals surface area contributed by atoms with E-state index in [0.717, 1.165) is 0 Å². The Balaban J connectivity index is 1.89. The summed E-state index contributed by atoms with van der Waals surface area (Å²) in [6.45, 7) is 1.18. The first-order valence-corrected chi connectivity index (χ1v) is 6.93. The molecule has 1 saturated heterocycles. The largest absolute Gasteiger partial charge is 0.369 e. The number of nitrogens with one attached hydrogen (secondary N) is 1. The number of piperidine rings is 1. The molecule has 6 heteroatoms. The number of rotatable bonds is 2. The van der Waals surface area contributed by atoms with Gasteiger partial charge in [-0.2, -0.15) is 0 Å². The number of carbonyl (C=O) groups is 2. The molecule has 1 heterocycles. The topological polar surface area (TPSA) is 75.4 Å². The standard InChI is InChI=1S/C14H17N3O2S/c15-12(18)10-6-8-17(9-7-10)14(20)13(19)16-11-4-2-1-3-5-11/h1-5,10H,6-9H2,(H2,15,18)(H,16,19). The van der Waals surface area contributed by atoms with Crippen molar-refractivity contribution in [3.8, 4) is 0 Å². The summed E-state index contributed by atoms with van der Waals surface area (Å²) >= 11 is 5.20. The molecule has 0 aliphatic carbocycles. The van der Waals surface area contributed by atoms with E-state index in [1.807, 2.05) is 23.1 Å². The number of thiocarbonyl (C=S) groups is 1. The Bertz CT molecular complexity index is 510. The highest BCUT2D eigenvalue weighted by Gasteiger charge is 2.26. The highest BCUT2D eigenvalue weighted by Crippen LogP contribution is 2.17. The second-order valence-electron chi connectivity index (χ2n) is 4.79. The van der Waals surface area contributed by atoms with Gasteiger partial charge in [-0.3, -0.25) is 9.59 Å². The van der Waals surface area contributed by atoms with Crippen LogP contribution in [0.2, 0.25) is 0 Å². The van der Waals surface area contributed by atoms with E-state index in [9.17, 15) is 9.59 Å². The second-order valence-corrected chi connectivity index (χ2v) is 5.18. The number of anilines is 1. The summed E-state index contributed by atoms with van der Waals surface area (Å²) in [5, 5.41) is 2.76. The zero-order chi connectivity index (χ0) is 14.5. The van der Waals surface area contributed by atoms with Gasteiger partial charge in [-0.05, 0) is 25.0 Å². The zero-order valence-corrected chi connectivity index (χ0v) is 11.9. The first-order chi connectivity index (χ1) is 9.58. The lowest BCUT2D eigenvalue weighted by atomic mass is 9.96. The molecule has 1 aliphatic heterocycles. The van der Waals surface area contributed by atoms with Crippen molar-refractivity contribution in [1.82, 2.24) is 4.90 Å². The molecule has 106 valence electrons. The molecule has 1 aromatic carbocycles. The first-order valence-electron chi connectivity index (χ1n) is 6.52. The van der Waals surface area contributed by atoms with Crippen molar-refractivity contribution < 1.29 is 9.59 Å². The maximum atomic E-state index is 12.0. The molecule has 0 saturated carbocycles. The number of amides is 2. The molecule has 1 fully saturated rings. The molecule has 2 rings (SSSR count). The third-order valence-corrected chi connectivity index (χ3v) is 3.85. The highest BCUT2D eigenvalue weighted by molar-refractivity contribution is 7.82. The highest BCUT2D eigenvalue weighted by atomic mass is 32.1. The van der Waals surface area contributed by atoms with E-state index in [-0.39, 0.29) is 22.7 Å². The molecule has 3 N–H and O–H groups in total. The summed E-state index contributed by atoms with van der Waals surface area (Å²) in [5.41, 5.74) is 6.00. The van der Waals surface area contributed by atoms with Crippen LogP contribution >= 0.6 is 12.2 Å². The lowest BCUT2D eigenvalue weighted by molar-refractivity contribution is -0.122. The van der Waals surface area contributed by atoms with Gasteiger partial charge in [0.05, 0.1) is 0 Å². The van der Waals surface area contributed by atoms with E-state index in [0.29, 0.717) is 31.6 Å². The van der Waals surface area contributed by atoms with E-state index in [2.05, 4.69) is 5.32 Å². The molecular formula is C14H17N3O2S. The normalized spacial score (nSPS) is 15.7. The van der Waals surface area contributed by atoms with E-state index in [4.69, 9.17) is 18.0 Å². The average molecular weight is 291 g/mol. The Labute approximate surface area is 123 Å². The number of hydrogen-bond acceptors (Lipinski definition) is 3. The SMILES string of the molecule is NC(=O)C1CCN(C(=S)C(=O)Nc2ccccc2)CC1. The van der Waals surface area contributed by atoms with Gasteiger partial charge in [0.25, 0.3) is 5.91 Å². The lowest BCUT2D eigenvalue weighted by Crippen LogP contribution is -2.45. The van der Waals surface area contributed by atoms with Crippen molar-refractivity contribution in [2.24, 2.45) is 11.7 Å². The van der Waals surface area contributed by atoms with Crippen LogP contribution in [0.25, 0.3) is 0 Å². The van der Waals surface area contributed by atoms with Gasteiger partial charge in [-0.1, -0.05) is 30.4 Å². The lowest BCUT2D eigenvalue weighted by Gasteiger charge is -2.31. The molecule has 0 aromatic heterocycles. The quantitative estimate of drug-likeness (QED) is 0.802. The molecule has 0 unspecified atom stereocenters. The Morgan fingerprint density at radius 2 is 1.80 bits per heavy atom. The van der Waals surface area contributed by atoms with Gasteiger partial charge in [-0.15, -0.1) is 0 Å². The van der Waals surface area contributed by atoms with Crippen molar-refractivity contribution in [3.63, 3.8) is 0 Å². The van der Waals surface area contributed by atoms with Crippen LogP contribution in [0.5, 0.6) is 0 Å². The van der Waals surface area contributed by atoms with Crippen LogP contribution in [0.15, 0.2) is 30.3 Å². The van der Waals surface area contributed by atoms with Gasteiger partial charge in [0, 0.05) is 24.7 Å². The predicted molar refractivity (Wildman–Crippen MR) is 81.2 cm³/mol. The Morgan fingerprint density at radius 3 is 2.35 bits per heavy atom.